The van der Waals surface area contributed by atoms with Crippen LogP contribution in [-0.2, 0) is 9.47 Å². The van der Waals surface area contributed by atoms with Crippen molar-refractivity contribution in [2.24, 2.45) is 32.1 Å². The molecular formula is C20H36N2O2. The van der Waals surface area contributed by atoms with E-state index in [2.05, 4.69) is 62.3 Å². The topological polar surface area (TPSA) is 43.2 Å². The molecule has 2 heterocycles. The lowest BCUT2D eigenvalue weighted by Crippen LogP contribution is -2.38. The maximum Gasteiger partial charge on any atom is 0.199 e. The third kappa shape index (κ3) is 3.94. The molecule has 0 aliphatic carbocycles. The summed E-state index contributed by atoms with van der Waals surface area (Å²) in [7, 11) is 0. The Balaban J connectivity index is 2.35. The van der Waals surface area contributed by atoms with Crippen LogP contribution < -0.4 is 0 Å². The Morgan fingerprint density at radius 1 is 0.833 bits per heavy atom. The van der Waals surface area contributed by atoms with Crippen molar-refractivity contribution in [3.63, 3.8) is 0 Å². The van der Waals surface area contributed by atoms with Gasteiger partial charge in [-0.15, -0.1) is 0 Å². The van der Waals surface area contributed by atoms with Crippen LogP contribution in [0.3, 0.4) is 0 Å². The van der Waals surface area contributed by atoms with Crippen LogP contribution in [0.4, 0.5) is 0 Å². The Labute approximate surface area is 148 Å². The Hall–Kier alpha value is -1.06. The molecule has 0 saturated carbocycles. The third-order valence-corrected chi connectivity index (χ3v) is 5.06. The van der Waals surface area contributed by atoms with Gasteiger partial charge in [-0.2, -0.15) is 0 Å². The van der Waals surface area contributed by atoms with Gasteiger partial charge in [0.2, 0.25) is 0 Å². The Bertz CT molecular complexity index is 481. The second-order valence-electron chi connectivity index (χ2n) is 10.2. The number of ether oxygens (including phenoxy) is 2. The van der Waals surface area contributed by atoms with Crippen LogP contribution in [-0.4, -0.2) is 37.1 Å². The van der Waals surface area contributed by atoms with Gasteiger partial charge in [0.05, 0.1) is 12.1 Å². The molecule has 0 spiro atoms. The first kappa shape index (κ1) is 19.3. The summed E-state index contributed by atoms with van der Waals surface area (Å²) in [6.45, 7) is 21.2. The lowest BCUT2D eigenvalue weighted by atomic mass is 9.81. The summed E-state index contributed by atoms with van der Waals surface area (Å²) in [5, 5.41) is 0. The van der Waals surface area contributed by atoms with Gasteiger partial charge in [-0.25, -0.2) is 9.98 Å². The first-order valence-corrected chi connectivity index (χ1v) is 9.26. The molecule has 138 valence electrons. The Kier molecular flexibility index (Phi) is 5.09. The zero-order chi connectivity index (χ0) is 18.3. The molecule has 0 radical (unpaired) electrons. The van der Waals surface area contributed by atoms with Crippen molar-refractivity contribution in [1.29, 1.82) is 0 Å². The number of aliphatic imine (C=N–C) groups is 2. The van der Waals surface area contributed by atoms with Crippen LogP contribution in [0.15, 0.2) is 9.98 Å². The molecule has 0 fully saturated rings. The molecule has 4 heteroatoms. The van der Waals surface area contributed by atoms with Crippen molar-refractivity contribution in [1.82, 2.24) is 0 Å². The smallest absolute Gasteiger partial charge is 0.199 e. The Morgan fingerprint density at radius 2 is 1.21 bits per heavy atom. The van der Waals surface area contributed by atoms with Crippen LogP contribution in [0.5, 0.6) is 0 Å². The standard InChI is InChI=1S/C20H36N2O2/c1-13(2)10-20(9,16-21-14(11-23-16)18(3,4)5)17-22-15(12-24-17)19(6,7)8/h13-15H,10-12H2,1-9H3. The van der Waals surface area contributed by atoms with Crippen molar-refractivity contribution >= 4 is 11.8 Å². The average Bonchev–Trinajstić information content (AvgIpc) is 3.06. The summed E-state index contributed by atoms with van der Waals surface area (Å²) >= 11 is 0. The molecule has 0 bridgehead atoms. The first-order chi connectivity index (χ1) is 10.8. The summed E-state index contributed by atoms with van der Waals surface area (Å²) in [4.78, 5) is 9.90. The minimum absolute atomic E-state index is 0.104. The van der Waals surface area contributed by atoms with Gasteiger partial charge < -0.3 is 9.47 Å². The molecule has 0 saturated heterocycles. The maximum atomic E-state index is 6.08. The molecule has 2 atom stereocenters. The van der Waals surface area contributed by atoms with E-state index in [1.807, 2.05) is 0 Å². The first-order valence-electron chi connectivity index (χ1n) is 9.26. The fourth-order valence-corrected chi connectivity index (χ4v) is 3.32. The molecule has 2 aliphatic heterocycles. The highest BCUT2D eigenvalue weighted by Gasteiger charge is 2.47. The van der Waals surface area contributed by atoms with Crippen molar-refractivity contribution in [3.05, 3.63) is 0 Å². The summed E-state index contributed by atoms with van der Waals surface area (Å²) < 4.78 is 12.2. The summed E-state index contributed by atoms with van der Waals surface area (Å²) in [5.74, 6) is 2.13. The van der Waals surface area contributed by atoms with Crippen molar-refractivity contribution < 1.29 is 9.47 Å². The fourth-order valence-electron chi connectivity index (χ4n) is 3.32. The molecule has 24 heavy (non-hydrogen) atoms. The number of hydrogen-bond acceptors (Lipinski definition) is 4. The number of nitrogens with zero attached hydrogens (tertiary/aromatic N) is 2. The van der Waals surface area contributed by atoms with Gasteiger partial charge in [0.15, 0.2) is 11.8 Å². The van der Waals surface area contributed by atoms with E-state index in [-0.39, 0.29) is 28.3 Å². The van der Waals surface area contributed by atoms with Gasteiger partial charge in [0.1, 0.15) is 18.6 Å². The monoisotopic (exact) mass is 336 g/mol. The zero-order valence-corrected chi connectivity index (χ0v) is 17.1. The van der Waals surface area contributed by atoms with E-state index < -0.39 is 0 Å². The summed E-state index contributed by atoms with van der Waals surface area (Å²) in [5.41, 5.74) is -0.159. The minimum atomic E-state index is -0.367. The normalized spacial score (nSPS) is 27.4. The molecule has 0 aromatic heterocycles. The van der Waals surface area contributed by atoms with Gasteiger partial charge >= 0.3 is 0 Å². The average molecular weight is 337 g/mol. The molecule has 2 rings (SSSR count). The van der Waals surface area contributed by atoms with E-state index >= 15 is 0 Å². The minimum Gasteiger partial charge on any atom is -0.478 e. The zero-order valence-electron chi connectivity index (χ0n) is 17.1. The summed E-state index contributed by atoms with van der Waals surface area (Å²) in [6, 6.07) is 0.388. The predicted octanol–water partition coefficient (Wildman–Crippen LogP) is 4.73. The van der Waals surface area contributed by atoms with E-state index in [0.717, 1.165) is 18.2 Å². The molecule has 0 aromatic carbocycles. The molecule has 2 aliphatic rings. The van der Waals surface area contributed by atoms with E-state index in [4.69, 9.17) is 19.5 Å². The van der Waals surface area contributed by atoms with E-state index in [0.29, 0.717) is 19.1 Å². The van der Waals surface area contributed by atoms with Crippen LogP contribution in [0.25, 0.3) is 0 Å². The lowest BCUT2D eigenvalue weighted by molar-refractivity contribution is 0.205. The fraction of sp³-hybridized carbons (Fsp3) is 0.900. The SMILES string of the molecule is CC(C)CC(C)(C1=NC(C(C)(C)C)CO1)C1=NC(C(C)(C)C)CO1. The molecule has 4 nitrogen and oxygen atoms in total. The van der Waals surface area contributed by atoms with Crippen molar-refractivity contribution in [2.45, 2.75) is 80.8 Å². The second kappa shape index (κ2) is 6.34. The highest BCUT2D eigenvalue weighted by Crippen LogP contribution is 2.39. The van der Waals surface area contributed by atoms with Gasteiger partial charge in [0, 0.05) is 0 Å². The highest BCUT2D eigenvalue weighted by molar-refractivity contribution is 6.05. The van der Waals surface area contributed by atoms with Gasteiger partial charge in [-0.3, -0.25) is 0 Å². The van der Waals surface area contributed by atoms with Gasteiger partial charge in [-0.05, 0) is 30.1 Å². The quantitative estimate of drug-likeness (QED) is 0.745. The Morgan fingerprint density at radius 3 is 1.46 bits per heavy atom. The van der Waals surface area contributed by atoms with Crippen LogP contribution >= 0.6 is 0 Å². The third-order valence-electron chi connectivity index (χ3n) is 5.06. The molecule has 2 unspecified atom stereocenters. The molecule has 0 N–H and O–H groups in total. The highest BCUT2D eigenvalue weighted by atomic mass is 16.5. The van der Waals surface area contributed by atoms with E-state index in [9.17, 15) is 0 Å². The molecular weight excluding hydrogens is 300 g/mol. The maximum absolute atomic E-state index is 6.08. The molecule has 0 amide bonds. The van der Waals surface area contributed by atoms with E-state index in [1.165, 1.54) is 0 Å². The van der Waals surface area contributed by atoms with Gasteiger partial charge in [0.25, 0.3) is 0 Å². The van der Waals surface area contributed by atoms with E-state index in [1.54, 1.807) is 0 Å². The van der Waals surface area contributed by atoms with Crippen molar-refractivity contribution in [2.75, 3.05) is 13.2 Å². The molecule has 0 aromatic rings. The lowest BCUT2D eigenvalue weighted by Gasteiger charge is -2.29. The second-order valence-corrected chi connectivity index (χ2v) is 10.2. The predicted molar refractivity (Wildman–Crippen MR) is 101 cm³/mol. The largest absolute Gasteiger partial charge is 0.478 e. The van der Waals surface area contributed by atoms with Gasteiger partial charge in [-0.1, -0.05) is 55.4 Å². The summed E-state index contributed by atoms with van der Waals surface area (Å²) in [6.07, 6.45) is 0.929. The van der Waals surface area contributed by atoms with Crippen LogP contribution in [0.2, 0.25) is 0 Å². The van der Waals surface area contributed by atoms with Crippen LogP contribution in [0, 0.1) is 22.2 Å². The number of hydrogen-bond donors (Lipinski definition) is 0. The van der Waals surface area contributed by atoms with Crippen molar-refractivity contribution in [3.8, 4) is 0 Å². The van der Waals surface area contributed by atoms with Crippen LogP contribution in [0.1, 0.15) is 68.7 Å². The number of rotatable bonds is 4.